The normalized spacial score (nSPS) is 10.8. The molecule has 19 heavy (non-hydrogen) atoms. The summed E-state index contributed by atoms with van der Waals surface area (Å²) < 4.78 is 13.4. The molecule has 1 amide bonds. The van der Waals surface area contributed by atoms with E-state index in [1.54, 1.807) is 17.4 Å². The van der Waals surface area contributed by atoms with E-state index in [1.165, 1.54) is 24.3 Å². The van der Waals surface area contributed by atoms with Gasteiger partial charge >= 0.3 is 0 Å². The molecule has 0 fully saturated rings. The lowest BCUT2D eigenvalue weighted by atomic mass is 10.2. The Morgan fingerprint density at radius 3 is 2.89 bits per heavy atom. The summed E-state index contributed by atoms with van der Waals surface area (Å²) in [5.41, 5.74) is 0.218. The van der Waals surface area contributed by atoms with E-state index in [-0.39, 0.29) is 16.5 Å². The van der Waals surface area contributed by atoms with Crippen molar-refractivity contribution < 1.29 is 9.18 Å². The summed E-state index contributed by atoms with van der Waals surface area (Å²) in [6, 6.07) is 8.25. The van der Waals surface area contributed by atoms with Gasteiger partial charge in [0, 0.05) is 16.5 Å². The molecule has 2 nitrogen and oxygen atoms in total. The second-order valence-electron chi connectivity index (χ2n) is 3.77. The summed E-state index contributed by atoms with van der Waals surface area (Å²) in [6.45, 7) is 0.464. The molecule has 1 aromatic heterocycles. The van der Waals surface area contributed by atoms with Crippen molar-refractivity contribution in [1.29, 1.82) is 0 Å². The van der Waals surface area contributed by atoms with Gasteiger partial charge in [0.1, 0.15) is 5.82 Å². The van der Waals surface area contributed by atoms with E-state index in [1.807, 2.05) is 17.5 Å². The molecule has 0 aliphatic carbocycles. The van der Waals surface area contributed by atoms with Gasteiger partial charge in [-0.2, -0.15) is 0 Å². The van der Waals surface area contributed by atoms with Gasteiger partial charge in [-0.3, -0.25) is 4.79 Å². The smallest absolute Gasteiger partial charge is 0.244 e. The highest BCUT2D eigenvalue weighted by molar-refractivity contribution is 7.09. The number of nitrogens with one attached hydrogen (secondary N) is 1. The fraction of sp³-hybridized carbons (Fsp3) is 0.0714. The van der Waals surface area contributed by atoms with Crippen molar-refractivity contribution in [1.82, 2.24) is 5.32 Å². The van der Waals surface area contributed by atoms with Crippen molar-refractivity contribution in [2.45, 2.75) is 6.54 Å². The number of carbonyl (C=O) groups is 1. The highest BCUT2D eigenvalue weighted by atomic mass is 35.5. The largest absolute Gasteiger partial charge is 0.348 e. The molecule has 0 bridgehead atoms. The van der Waals surface area contributed by atoms with Crippen molar-refractivity contribution >= 4 is 34.9 Å². The van der Waals surface area contributed by atoms with Crippen molar-refractivity contribution in [2.24, 2.45) is 0 Å². The zero-order valence-corrected chi connectivity index (χ0v) is 11.5. The Hall–Kier alpha value is -1.65. The predicted octanol–water partition coefficient (Wildman–Crippen LogP) is 3.87. The number of amides is 1. The van der Waals surface area contributed by atoms with Crippen LogP contribution in [0, 0.1) is 5.82 Å². The van der Waals surface area contributed by atoms with Gasteiger partial charge in [0.25, 0.3) is 0 Å². The molecule has 1 aromatic carbocycles. The number of thiophene rings is 1. The van der Waals surface area contributed by atoms with Crippen LogP contribution >= 0.6 is 22.9 Å². The van der Waals surface area contributed by atoms with Crippen molar-refractivity contribution in [3.8, 4) is 0 Å². The molecule has 0 spiro atoms. The lowest BCUT2D eigenvalue weighted by Gasteiger charge is -2.01. The van der Waals surface area contributed by atoms with Crippen LogP contribution < -0.4 is 5.32 Å². The van der Waals surface area contributed by atoms with Gasteiger partial charge in [0.2, 0.25) is 5.91 Å². The van der Waals surface area contributed by atoms with E-state index >= 15 is 0 Å². The first-order valence-corrected chi connectivity index (χ1v) is 6.85. The summed E-state index contributed by atoms with van der Waals surface area (Å²) in [5.74, 6) is -0.734. The Morgan fingerprint density at radius 2 is 2.21 bits per heavy atom. The standard InChI is InChI=1S/C14H11ClFNOS/c15-12-4-1-5-13(16)11(12)6-7-14(18)17-9-10-3-2-8-19-10/h1-8H,9H2,(H,17,18). The van der Waals surface area contributed by atoms with Crippen molar-refractivity contribution in [3.63, 3.8) is 0 Å². The van der Waals surface area contributed by atoms with Crippen LogP contribution in [0.15, 0.2) is 41.8 Å². The predicted molar refractivity (Wildman–Crippen MR) is 76.6 cm³/mol. The molecule has 0 atom stereocenters. The Morgan fingerprint density at radius 1 is 1.37 bits per heavy atom. The minimum atomic E-state index is -0.449. The van der Waals surface area contributed by atoms with Gasteiger partial charge in [-0.25, -0.2) is 4.39 Å². The van der Waals surface area contributed by atoms with Crippen LogP contribution in [0.5, 0.6) is 0 Å². The maximum Gasteiger partial charge on any atom is 0.244 e. The van der Waals surface area contributed by atoms with E-state index in [2.05, 4.69) is 5.32 Å². The fourth-order valence-corrected chi connectivity index (χ4v) is 2.35. The minimum absolute atomic E-state index is 0.218. The van der Waals surface area contributed by atoms with Crippen molar-refractivity contribution in [2.75, 3.05) is 0 Å². The summed E-state index contributed by atoms with van der Waals surface area (Å²) in [6.07, 6.45) is 2.65. The third kappa shape index (κ3) is 3.91. The number of rotatable bonds is 4. The molecule has 2 aromatic rings. The van der Waals surface area contributed by atoms with E-state index < -0.39 is 5.82 Å². The van der Waals surface area contributed by atoms with Gasteiger partial charge < -0.3 is 5.32 Å². The van der Waals surface area contributed by atoms with Gasteiger partial charge in [0.05, 0.1) is 11.6 Å². The Bertz CT molecular complexity index is 575. The molecule has 5 heteroatoms. The van der Waals surface area contributed by atoms with Crippen LogP contribution in [-0.2, 0) is 11.3 Å². The molecule has 98 valence electrons. The van der Waals surface area contributed by atoms with Gasteiger partial charge in [-0.1, -0.05) is 23.7 Å². The van der Waals surface area contributed by atoms with E-state index in [0.29, 0.717) is 6.54 Å². The molecular formula is C14H11ClFNOS. The Kier molecular flexibility index (Phi) is 4.71. The van der Waals surface area contributed by atoms with Crippen LogP contribution in [0.4, 0.5) is 4.39 Å². The summed E-state index contributed by atoms with van der Waals surface area (Å²) in [4.78, 5) is 12.6. The quantitative estimate of drug-likeness (QED) is 0.852. The molecule has 0 aliphatic heterocycles. The highest BCUT2D eigenvalue weighted by Gasteiger charge is 2.04. The molecule has 0 aliphatic rings. The average molecular weight is 296 g/mol. The van der Waals surface area contributed by atoms with Gasteiger partial charge in [0.15, 0.2) is 0 Å². The number of benzene rings is 1. The van der Waals surface area contributed by atoms with Crippen LogP contribution in [0.25, 0.3) is 6.08 Å². The number of hydrogen-bond donors (Lipinski definition) is 1. The van der Waals surface area contributed by atoms with Crippen LogP contribution in [-0.4, -0.2) is 5.91 Å². The Labute approximate surface area is 119 Å². The Balaban J connectivity index is 1.96. The first kappa shape index (κ1) is 13.8. The van der Waals surface area contributed by atoms with E-state index in [9.17, 15) is 9.18 Å². The maximum atomic E-state index is 13.4. The summed E-state index contributed by atoms with van der Waals surface area (Å²) >= 11 is 7.41. The molecule has 0 saturated heterocycles. The van der Waals surface area contributed by atoms with Gasteiger partial charge in [-0.15, -0.1) is 11.3 Å². The third-order valence-electron chi connectivity index (χ3n) is 2.42. The van der Waals surface area contributed by atoms with Gasteiger partial charge in [-0.05, 0) is 29.7 Å². The van der Waals surface area contributed by atoms with Crippen LogP contribution in [0.1, 0.15) is 10.4 Å². The molecule has 0 saturated carbocycles. The van der Waals surface area contributed by atoms with E-state index in [0.717, 1.165) is 4.88 Å². The molecular weight excluding hydrogens is 285 g/mol. The lowest BCUT2D eigenvalue weighted by Crippen LogP contribution is -2.19. The molecule has 0 unspecified atom stereocenters. The molecule has 1 heterocycles. The average Bonchev–Trinajstić information content (AvgIpc) is 2.89. The molecule has 1 N–H and O–H groups in total. The second-order valence-corrected chi connectivity index (χ2v) is 5.21. The second kappa shape index (κ2) is 6.50. The first-order chi connectivity index (χ1) is 9.16. The monoisotopic (exact) mass is 295 g/mol. The minimum Gasteiger partial charge on any atom is -0.348 e. The van der Waals surface area contributed by atoms with E-state index in [4.69, 9.17) is 11.6 Å². The topological polar surface area (TPSA) is 29.1 Å². The number of carbonyl (C=O) groups excluding carboxylic acids is 1. The highest BCUT2D eigenvalue weighted by Crippen LogP contribution is 2.20. The summed E-state index contributed by atoms with van der Waals surface area (Å²) in [7, 11) is 0. The number of hydrogen-bond acceptors (Lipinski definition) is 2. The SMILES string of the molecule is O=C(C=Cc1c(F)cccc1Cl)NCc1cccs1. The zero-order valence-electron chi connectivity index (χ0n) is 9.90. The molecule has 0 radical (unpaired) electrons. The molecule has 2 rings (SSSR count). The van der Waals surface area contributed by atoms with Crippen LogP contribution in [0.2, 0.25) is 5.02 Å². The van der Waals surface area contributed by atoms with Crippen LogP contribution in [0.3, 0.4) is 0 Å². The third-order valence-corrected chi connectivity index (χ3v) is 3.62. The maximum absolute atomic E-state index is 13.4. The zero-order chi connectivity index (χ0) is 13.7. The summed E-state index contributed by atoms with van der Waals surface area (Å²) in [5, 5.41) is 4.93. The first-order valence-electron chi connectivity index (χ1n) is 5.59. The van der Waals surface area contributed by atoms with Crippen molar-refractivity contribution in [3.05, 3.63) is 63.1 Å². The fourth-order valence-electron chi connectivity index (χ4n) is 1.48. The lowest BCUT2D eigenvalue weighted by molar-refractivity contribution is -0.116. The number of halogens is 2.